The third kappa shape index (κ3) is 4.25. The molecule has 2 aromatic heterocycles. The number of carbonyl (C=O) groups is 2. The van der Waals surface area contributed by atoms with Crippen molar-refractivity contribution in [1.82, 2.24) is 19.4 Å². The number of pyridine rings is 1. The van der Waals surface area contributed by atoms with Crippen LogP contribution >= 0.6 is 0 Å². The lowest BCUT2D eigenvalue weighted by molar-refractivity contribution is 0.0126. The monoisotopic (exact) mass is 523 g/mol. The van der Waals surface area contributed by atoms with Gasteiger partial charge in [-0.2, -0.15) is 5.10 Å². The van der Waals surface area contributed by atoms with Crippen LogP contribution in [0.1, 0.15) is 62.0 Å². The molecule has 3 unspecified atom stereocenters. The highest BCUT2D eigenvalue weighted by Gasteiger charge is 2.48. The summed E-state index contributed by atoms with van der Waals surface area (Å²) in [4.78, 5) is 31.9. The molecule has 3 fully saturated rings. The largest absolute Gasteiger partial charge is 0.444 e. The molecular weight excluding hydrogens is 492 g/mol. The predicted octanol–water partition coefficient (Wildman–Crippen LogP) is 4.79. The first-order valence-electron chi connectivity index (χ1n) is 13.1. The second-order valence-electron chi connectivity index (χ2n) is 11.4. The van der Waals surface area contributed by atoms with Crippen LogP contribution in [-0.2, 0) is 4.74 Å². The van der Waals surface area contributed by atoms with Crippen molar-refractivity contribution in [3.63, 3.8) is 0 Å². The summed E-state index contributed by atoms with van der Waals surface area (Å²) in [7, 11) is 0. The molecule has 6 rings (SSSR count). The maximum atomic E-state index is 14.6. The van der Waals surface area contributed by atoms with Crippen LogP contribution in [0.2, 0.25) is 0 Å². The lowest BCUT2D eigenvalue weighted by Crippen LogP contribution is -2.51. The molecule has 1 aromatic carbocycles. The number of benzene rings is 1. The average molecular weight is 524 g/mol. The number of nitrogens with zero attached hydrogens (tertiary/aromatic N) is 5. The Kier molecular flexibility index (Phi) is 5.81. The highest BCUT2D eigenvalue weighted by Crippen LogP contribution is 2.39. The maximum Gasteiger partial charge on any atom is 0.410 e. The number of hydrogen-bond donors (Lipinski definition) is 0. The number of likely N-dealkylation sites (tertiary alicyclic amines) is 2. The minimum Gasteiger partial charge on any atom is -0.444 e. The first kappa shape index (κ1) is 24.6. The van der Waals surface area contributed by atoms with E-state index in [4.69, 9.17) is 4.74 Å². The second-order valence-corrected chi connectivity index (χ2v) is 11.4. The van der Waals surface area contributed by atoms with Crippen molar-refractivity contribution in [3.05, 3.63) is 65.5 Å². The molecule has 3 aromatic rings. The molecule has 5 heterocycles. The molecule has 0 spiro atoms. The molecule has 2 bridgehead atoms. The van der Waals surface area contributed by atoms with Crippen LogP contribution in [0.4, 0.5) is 19.3 Å². The first-order valence-corrected chi connectivity index (χ1v) is 13.1. The fourth-order valence-corrected chi connectivity index (χ4v) is 6.10. The van der Waals surface area contributed by atoms with Crippen LogP contribution in [0.15, 0.2) is 42.7 Å². The Labute approximate surface area is 219 Å². The molecular formula is C28H31F2N5O3. The molecule has 0 aliphatic carbocycles. The van der Waals surface area contributed by atoms with E-state index in [1.54, 1.807) is 21.8 Å². The summed E-state index contributed by atoms with van der Waals surface area (Å²) in [6, 6.07) is 6.94. The van der Waals surface area contributed by atoms with Gasteiger partial charge < -0.3 is 19.4 Å². The molecule has 3 aliphatic heterocycles. The van der Waals surface area contributed by atoms with Crippen LogP contribution in [0.5, 0.6) is 0 Å². The minimum atomic E-state index is -0.571. The van der Waals surface area contributed by atoms with Gasteiger partial charge in [-0.15, -0.1) is 0 Å². The molecule has 3 atom stereocenters. The number of hydrogen-bond acceptors (Lipinski definition) is 5. The first-order chi connectivity index (χ1) is 18.1. The number of aromatic nitrogens is 2. The van der Waals surface area contributed by atoms with Gasteiger partial charge in [0.25, 0.3) is 5.91 Å². The molecule has 0 N–H and O–H groups in total. The molecule has 2 amide bonds. The Hall–Kier alpha value is -3.69. The summed E-state index contributed by atoms with van der Waals surface area (Å²) in [5, 5.41) is 4.38. The number of ether oxygens (including phenoxy) is 1. The van der Waals surface area contributed by atoms with Gasteiger partial charge in [-0.3, -0.25) is 4.79 Å². The third-order valence-electron chi connectivity index (χ3n) is 7.77. The maximum absolute atomic E-state index is 14.6. The number of amides is 2. The van der Waals surface area contributed by atoms with Crippen molar-refractivity contribution in [1.29, 1.82) is 0 Å². The van der Waals surface area contributed by atoms with E-state index < -0.39 is 17.2 Å². The van der Waals surface area contributed by atoms with Gasteiger partial charge in [0.2, 0.25) is 0 Å². The average Bonchev–Trinajstić information content (AvgIpc) is 3.66. The Balaban J connectivity index is 1.23. The van der Waals surface area contributed by atoms with Crippen LogP contribution in [0, 0.1) is 11.6 Å². The quantitative estimate of drug-likeness (QED) is 0.494. The molecule has 3 saturated heterocycles. The Morgan fingerprint density at radius 3 is 2.55 bits per heavy atom. The number of carbonyl (C=O) groups excluding carboxylic acids is 2. The fraction of sp³-hybridized carbons (Fsp3) is 0.464. The number of halogens is 2. The topological polar surface area (TPSA) is 70.4 Å². The van der Waals surface area contributed by atoms with Gasteiger partial charge in [-0.05, 0) is 70.4 Å². The van der Waals surface area contributed by atoms with Crippen molar-refractivity contribution in [2.75, 3.05) is 24.5 Å². The molecule has 10 heteroatoms. The van der Waals surface area contributed by atoms with Gasteiger partial charge in [0, 0.05) is 37.1 Å². The Bertz CT molecular complexity index is 1420. The summed E-state index contributed by atoms with van der Waals surface area (Å²) in [5.74, 6) is -1.01. The number of fused-ring (bicyclic) bond motifs is 3. The summed E-state index contributed by atoms with van der Waals surface area (Å²) < 4.78 is 35.7. The summed E-state index contributed by atoms with van der Waals surface area (Å²) in [6.07, 6.45) is 5.31. The van der Waals surface area contributed by atoms with Gasteiger partial charge in [-0.25, -0.2) is 18.1 Å². The summed E-state index contributed by atoms with van der Waals surface area (Å²) in [5.41, 5.74) is 1.74. The fourth-order valence-electron chi connectivity index (χ4n) is 6.10. The van der Waals surface area contributed by atoms with E-state index in [1.807, 2.05) is 37.8 Å². The molecule has 200 valence electrons. The van der Waals surface area contributed by atoms with Crippen molar-refractivity contribution >= 4 is 23.2 Å². The van der Waals surface area contributed by atoms with Crippen LogP contribution in [0.3, 0.4) is 0 Å². The van der Waals surface area contributed by atoms with Crippen molar-refractivity contribution in [2.45, 2.75) is 63.8 Å². The van der Waals surface area contributed by atoms with Gasteiger partial charge >= 0.3 is 6.09 Å². The number of rotatable bonds is 3. The zero-order valence-electron chi connectivity index (χ0n) is 21.7. The Morgan fingerprint density at radius 1 is 1.05 bits per heavy atom. The SMILES string of the molecule is CC(C)(C)OC(=O)N1CC2CC1CN2C(=O)c1cnn2ccc(N3CCCC3c3cc(F)ccc3F)cc12. The van der Waals surface area contributed by atoms with Gasteiger partial charge in [0.05, 0.1) is 35.4 Å². The summed E-state index contributed by atoms with van der Waals surface area (Å²) in [6.45, 7) is 7.12. The molecule has 38 heavy (non-hydrogen) atoms. The standard InChI is InChI=1S/C28H31F2N5O3/c1-28(2,3)38-27(37)34-16-19-12-20(34)15-33(19)26(36)22-14-31-35-10-8-18(13-25(22)35)32-9-4-5-24(32)21-11-17(29)6-7-23(21)30/h6-8,10-11,13-14,19-20,24H,4-5,9,12,15-16H2,1-3H3. The predicted molar refractivity (Wildman–Crippen MR) is 137 cm³/mol. The molecule has 3 aliphatic rings. The lowest BCUT2D eigenvalue weighted by atomic mass is 10.0. The molecule has 0 saturated carbocycles. The van der Waals surface area contributed by atoms with Gasteiger partial charge in [-0.1, -0.05) is 0 Å². The van der Waals surface area contributed by atoms with E-state index in [9.17, 15) is 18.4 Å². The molecule has 8 nitrogen and oxygen atoms in total. The van der Waals surface area contributed by atoms with Crippen LogP contribution in [-0.4, -0.2) is 68.7 Å². The minimum absolute atomic E-state index is 0.0669. The van der Waals surface area contributed by atoms with Gasteiger partial charge in [0.15, 0.2) is 0 Å². The zero-order chi connectivity index (χ0) is 26.8. The number of anilines is 1. The van der Waals surface area contributed by atoms with Crippen molar-refractivity contribution < 1.29 is 23.1 Å². The van der Waals surface area contributed by atoms with E-state index in [2.05, 4.69) is 10.00 Å². The van der Waals surface area contributed by atoms with Crippen LogP contribution < -0.4 is 4.90 Å². The summed E-state index contributed by atoms with van der Waals surface area (Å²) >= 11 is 0. The Morgan fingerprint density at radius 2 is 1.82 bits per heavy atom. The zero-order valence-corrected chi connectivity index (χ0v) is 21.7. The van der Waals surface area contributed by atoms with E-state index in [0.717, 1.165) is 24.6 Å². The van der Waals surface area contributed by atoms with E-state index >= 15 is 0 Å². The van der Waals surface area contributed by atoms with E-state index in [-0.39, 0.29) is 30.1 Å². The lowest BCUT2D eigenvalue weighted by Gasteiger charge is -2.35. The molecule has 0 radical (unpaired) electrons. The third-order valence-corrected chi connectivity index (χ3v) is 7.77. The number of piperazine rings is 1. The van der Waals surface area contributed by atoms with Gasteiger partial charge in [0.1, 0.15) is 17.2 Å². The smallest absolute Gasteiger partial charge is 0.410 e. The highest BCUT2D eigenvalue weighted by atomic mass is 19.1. The van der Waals surface area contributed by atoms with Crippen LogP contribution in [0.25, 0.3) is 5.52 Å². The van der Waals surface area contributed by atoms with Crippen molar-refractivity contribution in [2.24, 2.45) is 0 Å². The second kappa shape index (κ2) is 8.96. The van der Waals surface area contributed by atoms with E-state index in [1.165, 1.54) is 12.1 Å². The normalized spacial score (nSPS) is 23.1. The highest BCUT2D eigenvalue weighted by molar-refractivity contribution is 6.01. The van der Waals surface area contributed by atoms with E-state index in [0.29, 0.717) is 42.7 Å². The van der Waals surface area contributed by atoms with Crippen molar-refractivity contribution in [3.8, 4) is 0 Å².